The van der Waals surface area contributed by atoms with Gasteiger partial charge in [-0.3, -0.25) is 9.89 Å². The second-order valence-corrected chi connectivity index (χ2v) is 7.59. The summed E-state index contributed by atoms with van der Waals surface area (Å²) in [5.74, 6) is 0.623. The summed E-state index contributed by atoms with van der Waals surface area (Å²) in [5, 5.41) is 12.5. The van der Waals surface area contributed by atoms with Crippen LogP contribution in [0.2, 0.25) is 0 Å². The molecule has 0 spiro atoms. The molecule has 2 heterocycles. The molecule has 3 rings (SSSR count). The van der Waals surface area contributed by atoms with E-state index in [4.69, 9.17) is 0 Å². The van der Waals surface area contributed by atoms with Gasteiger partial charge in [0, 0.05) is 11.3 Å². The van der Waals surface area contributed by atoms with Gasteiger partial charge in [0.2, 0.25) is 11.1 Å². The molecule has 0 aliphatic carbocycles. The van der Waals surface area contributed by atoms with Crippen LogP contribution in [-0.2, 0) is 11.2 Å². The molecular weight excluding hydrogens is 371 g/mol. The largest absolute Gasteiger partial charge is 0.344 e. The molecule has 0 bridgehead atoms. The van der Waals surface area contributed by atoms with Crippen molar-refractivity contribution in [3.05, 3.63) is 63.9 Å². The number of thiophene rings is 1. The van der Waals surface area contributed by atoms with Crippen LogP contribution in [0.15, 0.2) is 46.9 Å². The number of carbonyl (C=O) groups is 1. The maximum absolute atomic E-state index is 13.2. The molecule has 0 fully saturated rings. The fourth-order valence-corrected chi connectivity index (χ4v) is 3.88. The van der Waals surface area contributed by atoms with Crippen molar-refractivity contribution < 1.29 is 9.18 Å². The second kappa shape index (κ2) is 8.95. The fraction of sp³-hybridized carbons (Fsp3) is 0.278. The lowest BCUT2D eigenvalue weighted by Crippen LogP contribution is -2.30. The zero-order valence-corrected chi connectivity index (χ0v) is 15.9. The normalized spacial score (nSPS) is 12.1. The highest BCUT2D eigenvalue weighted by Crippen LogP contribution is 2.26. The smallest absolute Gasteiger partial charge is 0.231 e. The highest BCUT2D eigenvalue weighted by Gasteiger charge is 2.18. The van der Waals surface area contributed by atoms with E-state index in [-0.39, 0.29) is 23.5 Å². The lowest BCUT2D eigenvalue weighted by Gasteiger charge is -2.18. The number of rotatable bonds is 8. The molecule has 2 N–H and O–H groups in total. The summed E-state index contributed by atoms with van der Waals surface area (Å²) in [4.78, 5) is 17.8. The summed E-state index contributed by atoms with van der Waals surface area (Å²) in [5.41, 5.74) is 0.843. The number of halogens is 1. The van der Waals surface area contributed by atoms with Gasteiger partial charge in [0.05, 0.1) is 11.8 Å². The first-order chi connectivity index (χ1) is 12.7. The van der Waals surface area contributed by atoms with Crippen LogP contribution >= 0.6 is 23.1 Å². The molecule has 3 aromatic rings. The van der Waals surface area contributed by atoms with Gasteiger partial charge in [-0.25, -0.2) is 9.37 Å². The average molecular weight is 391 g/mol. The third-order valence-corrected chi connectivity index (χ3v) is 5.45. The zero-order valence-electron chi connectivity index (χ0n) is 14.2. The van der Waals surface area contributed by atoms with Crippen molar-refractivity contribution in [2.24, 2.45) is 0 Å². The van der Waals surface area contributed by atoms with E-state index in [2.05, 4.69) is 27.4 Å². The lowest BCUT2D eigenvalue weighted by atomic mass is 10.1. The van der Waals surface area contributed by atoms with E-state index >= 15 is 0 Å². The maximum atomic E-state index is 13.2. The van der Waals surface area contributed by atoms with E-state index in [0.29, 0.717) is 5.16 Å². The molecule has 0 saturated heterocycles. The van der Waals surface area contributed by atoms with Gasteiger partial charge in [-0.05, 0) is 35.6 Å². The zero-order chi connectivity index (χ0) is 18.4. The van der Waals surface area contributed by atoms with E-state index in [1.54, 1.807) is 23.5 Å². The summed E-state index contributed by atoms with van der Waals surface area (Å²) in [7, 11) is 0. The van der Waals surface area contributed by atoms with Crippen LogP contribution in [-0.4, -0.2) is 26.8 Å². The predicted molar refractivity (Wildman–Crippen MR) is 102 cm³/mol. The minimum absolute atomic E-state index is 0.125. The molecule has 0 saturated carbocycles. The van der Waals surface area contributed by atoms with Crippen molar-refractivity contribution in [2.45, 2.75) is 31.0 Å². The van der Waals surface area contributed by atoms with Crippen LogP contribution < -0.4 is 5.32 Å². The number of hydrogen-bond donors (Lipinski definition) is 2. The molecule has 8 heteroatoms. The lowest BCUT2D eigenvalue weighted by molar-refractivity contribution is -0.119. The summed E-state index contributed by atoms with van der Waals surface area (Å²) in [6.07, 6.45) is 1.82. The highest BCUT2D eigenvalue weighted by atomic mass is 32.2. The molecule has 0 aliphatic rings. The molecule has 1 amide bonds. The van der Waals surface area contributed by atoms with Gasteiger partial charge >= 0.3 is 0 Å². The number of nitrogens with one attached hydrogen (secondary N) is 2. The van der Waals surface area contributed by atoms with Gasteiger partial charge in [-0.1, -0.05) is 36.9 Å². The van der Waals surface area contributed by atoms with Crippen molar-refractivity contribution in [3.63, 3.8) is 0 Å². The SMILES string of the molecule is CCCc1nc(SCC(=O)NC(c2ccc(F)cc2)c2cccs2)n[nH]1. The van der Waals surface area contributed by atoms with E-state index < -0.39 is 0 Å². The summed E-state index contributed by atoms with van der Waals surface area (Å²) >= 11 is 2.84. The van der Waals surface area contributed by atoms with Crippen molar-refractivity contribution in [1.82, 2.24) is 20.5 Å². The predicted octanol–water partition coefficient (Wildman–Crippen LogP) is 3.96. The first-order valence-corrected chi connectivity index (χ1v) is 10.1. The van der Waals surface area contributed by atoms with Crippen LogP contribution in [0.5, 0.6) is 0 Å². The number of thioether (sulfide) groups is 1. The standard InChI is InChI=1S/C18H19FN4OS2/c1-2-4-15-20-18(23-22-15)26-11-16(24)21-17(14-5-3-10-25-14)12-6-8-13(19)9-7-12/h3,5-10,17H,2,4,11H2,1H3,(H,21,24)(H,20,22,23). The maximum Gasteiger partial charge on any atom is 0.231 e. The van der Waals surface area contributed by atoms with E-state index in [0.717, 1.165) is 29.1 Å². The Morgan fingerprint density at radius 2 is 2.15 bits per heavy atom. The van der Waals surface area contributed by atoms with Gasteiger partial charge in [0.25, 0.3) is 0 Å². The average Bonchev–Trinajstić information content (AvgIpc) is 3.31. The quantitative estimate of drug-likeness (QED) is 0.571. The van der Waals surface area contributed by atoms with E-state index in [1.165, 1.54) is 23.9 Å². The van der Waals surface area contributed by atoms with Crippen LogP contribution in [0.25, 0.3) is 0 Å². The molecule has 0 radical (unpaired) electrons. The van der Waals surface area contributed by atoms with Gasteiger partial charge in [-0.15, -0.1) is 16.4 Å². The number of nitrogens with zero attached hydrogens (tertiary/aromatic N) is 2. The molecular formula is C18H19FN4OS2. The van der Waals surface area contributed by atoms with Crippen LogP contribution in [0.4, 0.5) is 4.39 Å². The number of hydrogen-bond acceptors (Lipinski definition) is 5. The van der Waals surface area contributed by atoms with Crippen molar-refractivity contribution in [2.75, 3.05) is 5.75 Å². The van der Waals surface area contributed by atoms with Crippen molar-refractivity contribution in [1.29, 1.82) is 0 Å². The minimum Gasteiger partial charge on any atom is -0.344 e. The number of aromatic amines is 1. The summed E-state index contributed by atoms with van der Waals surface area (Å²) in [6, 6.07) is 9.78. The van der Waals surface area contributed by atoms with E-state index in [9.17, 15) is 9.18 Å². The summed E-state index contributed by atoms with van der Waals surface area (Å²) < 4.78 is 13.2. The first kappa shape index (κ1) is 18.6. The number of carbonyl (C=O) groups excluding carboxylic acids is 1. The Labute approximate surface area is 159 Å². The Hall–Kier alpha value is -2.19. The third kappa shape index (κ3) is 4.92. The van der Waals surface area contributed by atoms with Gasteiger partial charge in [0.15, 0.2) is 0 Å². The van der Waals surface area contributed by atoms with Crippen LogP contribution in [0.1, 0.15) is 35.7 Å². The molecule has 26 heavy (non-hydrogen) atoms. The molecule has 1 aromatic carbocycles. The third-order valence-electron chi connectivity index (χ3n) is 3.67. The van der Waals surface area contributed by atoms with Crippen LogP contribution in [0.3, 0.4) is 0 Å². The first-order valence-electron chi connectivity index (χ1n) is 8.28. The fourth-order valence-electron chi connectivity index (χ4n) is 2.45. The molecule has 1 unspecified atom stereocenters. The topological polar surface area (TPSA) is 70.7 Å². The van der Waals surface area contributed by atoms with Gasteiger partial charge < -0.3 is 5.32 Å². The molecule has 0 aliphatic heterocycles. The Morgan fingerprint density at radius 3 is 2.85 bits per heavy atom. The molecule has 5 nitrogen and oxygen atoms in total. The summed E-state index contributed by atoms with van der Waals surface area (Å²) in [6.45, 7) is 2.07. The van der Waals surface area contributed by atoms with Crippen LogP contribution in [0, 0.1) is 5.82 Å². The van der Waals surface area contributed by atoms with Crippen molar-refractivity contribution in [3.8, 4) is 0 Å². The van der Waals surface area contributed by atoms with Gasteiger partial charge in [-0.2, -0.15) is 0 Å². The number of amides is 1. The Morgan fingerprint density at radius 1 is 1.35 bits per heavy atom. The number of aromatic nitrogens is 3. The molecule has 2 aromatic heterocycles. The highest BCUT2D eigenvalue weighted by molar-refractivity contribution is 7.99. The Kier molecular flexibility index (Phi) is 6.40. The monoisotopic (exact) mass is 390 g/mol. The van der Waals surface area contributed by atoms with E-state index in [1.807, 2.05) is 17.5 Å². The minimum atomic E-state index is -0.300. The van der Waals surface area contributed by atoms with Crippen molar-refractivity contribution >= 4 is 29.0 Å². The van der Waals surface area contributed by atoms with Gasteiger partial charge in [0.1, 0.15) is 11.6 Å². The number of H-pyrrole nitrogens is 1. The Bertz CT molecular complexity index is 833. The number of aryl methyl sites for hydroxylation is 1. The second-order valence-electron chi connectivity index (χ2n) is 5.67. The Balaban J connectivity index is 1.64. The number of benzene rings is 1. The molecule has 1 atom stereocenters. The molecule has 136 valence electrons.